The van der Waals surface area contributed by atoms with E-state index in [0.717, 1.165) is 19.0 Å². The van der Waals surface area contributed by atoms with E-state index in [1.54, 1.807) is 0 Å². The van der Waals surface area contributed by atoms with Crippen LogP contribution in [0.25, 0.3) is 0 Å². The fourth-order valence-electron chi connectivity index (χ4n) is 1.89. The molecule has 2 heterocycles. The van der Waals surface area contributed by atoms with E-state index in [-0.39, 0.29) is 17.3 Å². The average molecular weight is 280 g/mol. The highest BCUT2D eigenvalue weighted by atomic mass is 32.2. The molecule has 19 heavy (non-hydrogen) atoms. The molecule has 0 atom stereocenters. The van der Waals surface area contributed by atoms with E-state index in [1.165, 1.54) is 6.07 Å². The van der Waals surface area contributed by atoms with Crippen LogP contribution in [0.5, 0.6) is 0 Å². The van der Waals surface area contributed by atoms with Crippen LogP contribution in [0, 0.1) is 21.4 Å². The van der Waals surface area contributed by atoms with Crippen LogP contribution in [-0.4, -0.2) is 31.7 Å². The van der Waals surface area contributed by atoms with Crippen LogP contribution in [0.4, 0.5) is 11.5 Å². The first-order valence-electron chi connectivity index (χ1n) is 5.76. The lowest BCUT2D eigenvalue weighted by atomic mass is 10.1. The number of aromatic nitrogens is 1. The summed E-state index contributed by atoms with van der Waals surface area (Å²) in [5, 5.41) is 22.7. The highest BCUT2D eigenvalue weighted by Crippen LogP contribution is 2.21. The first kappa shape index (κ1) is 13.4. The molecule has 1 aliphatic rings. The summed E-state index contributed by atoms with van der Waals surface area (Å²) in [5.41, 5.74) is -0.0484. The number of hydrogen-bond acceptors (Lipinski definition) is 6. The van der Waals surface area contributed by atoms with Crippen molar-refractivity contribution in [1.29, 1.82) is 5.26 Å². The van der Waals surface area contributed by atoms with Gasteiger partial charge in [0.1, 0.15) is 23.6 Å². The predicted octanol–water partition coefficient (Wildman–Crippen LogP) is 1.18. The van der Waals surface area contributed by atoms with E-state index < -0.39 is 15.7 Å². The van der Waals surface area contributed by atoms with E-state index in [4.69, 9.17) is 5.26 Å². The molecule has 100 valence electrons. The summed E-state index contributed by atoms with van der Waals surface area (Å²) >= 11 is 0. The third kappa shape index (κ3) is 3.26. The minimum Gasteiger partial charge on any atom is -0.366 e. The molecular formula is C11H12N4O3S. The highest BCUT2D eigenvalue weighted by molar-refractivity contribution is 7.85. The van der Waals surface area contributed by atoms with Crippen LogP contribution >= 0.6 is 0 Å². The first-order chi connectivity index (χ1) is 9.10. The van der Waals surface area contributed by atoms with Crippen molar-refractivity contribution in [3.63, 3.8) is 0 Å². The van der Waals surface area contributed by atoms with Gasteiger partial charge in [-0.05, 0) is 12.8 Å². The minimum atomic E-state index is -0.751. The Labute approximate surface area is 112 Å². The van der Waals surface area contributed by atoms with E-state index in [1.807, 2.05) is 6.07 Å². The Morgan fingerprint density at radius 1 is 1.53 bits per heavy atom. The van der Waals surface area contributed by atoms with Gasteiger partial charge >= 0.3 is 0 Å². The second-order valence-electron chi connectivity index (χ2n) is 4.23. The second-order valence-corrected chi connectivity index (χ2v) is 5.92. The number of hydrogen-bond donors (Lipinski definition) is 1. The number of nitrogens with zero attached hydrogens (tertiary/aromatic N) is 3. The van der Waals surface area contributed by atoms with Crippen molar-refractivity contribution >= 4 is 22.3 Å². The van der Waals surface area contributed by atoms with Gasteiger partial charge in [-0.1, -0.05) is 0 Å². The number of nitriles is 1. The lowest BCUT2D eigenvalue weighted by Crippen LogP contribution is -2.30. The molecule has 1 aliphatic heterocycles. The van der Waals surface area contributed by atoms with E-state index >= 15 is 0 Å². The van der Waals surface area contributed by atoms with Crippen LogP contribution in [0.1, 0.15) is 18.4 Å². The Kier molecular flexibility index (Phi) is 4.06. The Bertz CT molecular complexity index is 560. The van der Waals surface area contributed by atoms with Crippen molar-refractivity contribution in [3.8, 4) is 6.07 Å². The maximum Gasteiger partial charge on any atom is 0.289 e. The lowest BCUT2D eigenvalue weighted by Gasteiger charge is -2.23. The van der Waals surface area contributed by atoms with Gasteiger partial charge in [-0.3, -0.25) is 14.3 Å². The molecule has 0 bridgehead atoms. The summed E-state index contributed by atoms with van der Waals surface area (Å²) in [6.45, 7) is 0. The predicted molar refractivity (Wildman–Crippen MR) is 70.1 cm³/mol. The number of nitro groups is 1. The van der Waals surface area contributed by atoms with Gasteiger partial charge in [-0.25, -0.2) is 4.98 Å². The third-order valence-electron chi connectivity index (χ3n) is 2.93. The van der Waals surface area contributed by atoms with Crippen molar-refractivity contribution in [3.05, 3.63) is 27.9 Å². The van der Waals surface area contributed by atoms with Crippen molar-refractivity contribution < 1.29 is 9.13 Å². The van der Waals surface area contributed by atoms with E-state index in [9.17, 15) is 14.3 Å². The zero-order valence-electron chi connectivity index (χ0n) is 10.0. The van der Waals surface area contributed by atoms with Crippen LogP contribution in [0.2, 0.25) is 0 Å². The summed E-state index contributed by atoms with van der Waals surface area (Å²) in [7, 11) is -0.751. The molecule has 8 heteroatoms. The third-order valence-corrected chi connectivity index (χ3v) is 4.32. The monoisotopic (exact) mass is 280 g/mol. The Balaban J connectivity index is 2.14. The topological polar surface area (TPSA) is 109 Å². The second kappa shape index (κ2) is 5.75. The maximum absolute atomic E-state index is 11.2. The molecule has 0 radical (unpaired) electrons. The van der Waals surface area contributed by atoms with Gasteiger partial charge < -0.3 is 5.32 Å². The summed E-state index contributed by atoms with van der Waals surface area (Å²) in [5.74, 6) is 1.62. The van der Waals surface area contributed by atoms with Crippen molar-refractivity contribution in [2.45, 2.75) is 18.9 Å². The summed E-state index contributed by atoms with van der Waals surface area (Å²) in [6.07, 6.45) is 2.62. The van der Waals surface area contributed by atoms with Crippen LogP contribution in [-0.2, 0) is 10.8 Å². The Morgan fingerprint density at radius 2 is 2.21 bits per heavy atom. The number of pyridine rings is 1. The maximum atomic E-state index is 11.2. The van der Waals surface area contributed by atoms with Gasteiger partial charge in [-0.2, -0.15) is 5.26 Å². The van der Waals surface area contributed by atoms with Gasteiger partial charge in [0.25, 0.3) is 5.69 Å². The van der Waals surface area contributed by atoms with Crippen LogP contribution in [0.3, 0.4) is 0 Å². The zero-order valence-corrected chi connectivity index (χ0v) is 10.9. The molecule has 0 spiro atoms. The molecule has 1 N–H and O–H groups in total. The molecule has 0 unspecified atom stereocenters. The first-order valence-corrected chi connectivity index (χ1v) is 7.25. The van der Waals surface area contributed by atoms with Gasteiger partial charge in [0, 0.05) is 34.4 Å². The molecular weight excluding hydrogens is 268 g/mol. The SMILES string of the molecule is N#Cc1cc([N+](=O)[O-])cnc1NC1CCS(=O)CC1. The molecule has 0 aromatic carbocycles. The van der Waals surface area contributed by atoms with Gasteiger partial charge in [-0.15, -0.1) is 0 Å². The summed E-state index contributed by atoms with van der Waals surface area (Å²) in [4.78, 5) is 14.0. The highest BCUT2D eigenvalue weighted by Gasteiger charge is 2.20. The fourth-order valence-corrected chi connectivity index (χ4v) is 3.18. The molecule has 1 aromatic rings. The van der Waals surface area contributed by atoms with Crippen molar-refractivity contribution in [2.75, 3.05) is 16.8 Å². The van der Waals surface area contributed by atoms with Gasteiger partial charge in [0.05, 0.1) is 4.92 Å². The lowest BCUT2D eigenvalue weighted by molar-refractivity contribution is -0.385. The quantitative estimate of drug-likeness (QED) is 0.657. The van der Waals surface area contributed by atoms with E-state index in [0.29, 0.717) is 17.3 Å². The van der Waals surface area contributed by atoms with Gasteiger partial charge in [0.15, 0.2) is 0 Å². The standard InChI is InChI=1S/C11H12N4O3S/c12-6-8-5-10(15(16)17)7-13-11(8)14-9-1-3-19(18)4-2-9/h5,7,9H,1-4H2,(H,13,14). The molecule has 7 nitrogen and oxygen atoms in total. The molecule has 0 aliphatic carbocycles. The van der Waals surface area contributed by atoms with Crippen LogP contribution in [0.15, 0.2) is 12.3 Å². The van der Waals surface area contributed by atoms with Gasteiger partial charge in [0.2, 0.25) is 0 Å². The molecule has 2 rings (SSSR count). The van der Waals surface area contributed by atoms with Crippen molar-refractivity contribution in [2.24, 2.45) is 0 Å². The number of rotatable bonds is 3. The molecule has 1 saturated heterocycles. The van der Waals surface area contributed by atoms with E-state index in [2.05, 4.69) is 10.3 Å². The van der Waals surface area contributed by atoms with Crippen molar-refractivity contribution in [1.82, 2.24) is 4.98 Å². The Morgan fingerprint density at radius 3 is 2.79 bits per heavy atom. The fraction of sp³-hybridized carbons (Fsp3) is 0.455. The van der Waals surface area contributed by atoms with Crippen LogP contribution < -0.4 is 5.32 Å². The Hall–Kier alpha value is -2.01. The molecule has 1 fully saturated rings. The molecule has 1 aromatic heterocycles. The summed E-state index contributed by atoms with van der Waals surface area (Å²) in [6, 6.07) is 3.21. The normalized spacial score (nSPS) is 22.5. The number of anilines is 1. The number of nitrogens with one attached hydrogen (secondary N) is 1. The largest absolute Gasteiger partial charge is 0.366 e. The summed E-state index contributed by atoms with van der Waals surface area (Å²) < 4.78 is 11.2. The smallest absolute Gasteiger partial charge is 0.289 e. The molecule has 0 amide bonds. The minimum absolute atomic E-state index is 0.110. The molecule has 0 saturated carbocycles. The average Bonchev–Trinajstić information content (AvgIpc) is 2.41. The zero-order chi connectivity index (χ0) is 13.8.